The number of carbonyl (C=O) groups excluding carboxylic acids is 3. The van der Waals surface area contributed by atoms with E-state index in [0.717, 1.165) is 5.56 Å². The normalized spacial score (nSPS) is 11.3. The second kappa shape index (κ2) is 10.7. The van der Waals surface area contributed by atoms with Crippen molar-refractivity contribution in [3.8, 4) is 11.5 Å². The van der Waals surface area contributed by atoms with Crippen molar-refractivity contribution in [2.75, 3.05) is 13.7 Å². The van der Waals surface area contributed by atoms with Crippen LogP contribution in [0.15, 0.2) is 48.5 Å². The second-order valence-corrected chi connectivity index (χ2v) is 6.34. The summed E-state index contributed by atoms with van der Waals surface area (Å²) in [5, 5.41) is 21.0. The van der Waals surface area contributed by atoms with Gasteiger partial charge >= 0.3 is 11.9 Å². The lowest BCUT2D eigenvalue weighted by atomic mass is 10.1. The van der Waals surface area contributed by atoms with Gasteiger partial charge in [0.2, 0.25) is 0 Å². The Balaban J connectivity index is 1.80. The Morgan fingerprint density at radius 3 is 2.03 bits per heavy atom. The number of esters is 2. The van der Waals surface area contributed by atoms with Crippen LogP contribution in [-0.4, -0.2) is 47.8 Å². The largest absolute Gasteiger partial charge is 0.508 e. The van der Waals surface area contributed by atoms with Crippen LogP contribution in [0.1, 0.15) is 17.5 Å². The van der Waals surface area contributed by atoms with E-state index in [4.69, 9.17) is 9.47 Å². The number of carbonyl (C=O) groups is 3. The molecule has 29 heavy (non-hydrogen) atoms. The zero-order chi connectivity index (χ0) is 21.2. The van der Waals surface area contributed by atoms with Crippen LogP contribution in [0, 0.1) is 0 Å². The zero-order valence-electron chi connectivity index (χ0n) is 16.0. The van der Waals surface area contributed by atoms with Crippen LogP contribution in [-0.2, 0) is 36.7 Å². The third kappa shape index (κ3) is 7.53. The molecule has 0 radical (unpaired) electrons. The third-order valence-electron chi connectivity index (χ3n) is 4.12. The molecule has 0 heterocycles. The van der Waals surface area contributed by atoms with Crippen molar-refractivity contribution in [3.05, 3.63) is 59.7 Å². The molecule has 8 nitrogen and oxygen atoms in total. The first kappa shape index (κ1) is 21.7. The van der Waals surface area contributed by atoms with Crippen molar-refractivity contribution >= 4 is 17.8 Å². The van der Waals surface area contributed by atoms with Gasteiger partial charge in [0.15, 0.2) is 6.61 Å². The molecule has 8 heteroatoms. The Morgan fingerprint density at radius 1 is 0.931 bits per heavy atom. The summed E-state index contributed by atoms with van der Waals surface area (Å²) < 4.78 is 9.65. The monoisotopic (exact) mass is 401 g/mol. The number of phenolic OH excluding ortho intramolecular Hbond substituents is 2. The molecule has 1 unspecified atom stereocenters. The van der Waals surface area contributed by atoms with E-state index in [9.17, 15) is 24.6 Å². The number of hydrogen-bond acceptors (Lipinski definition) is 7. The van der Waals surface area contributed by atoms with E-state index in [1.807, 2.05) is 0 Å². The minimum absolute atomic E-state index is 0.0754. The molecular formula is C21H23NO7. The van der Waals surface area contributed by atoms with Crippen LogP contribution >= 0.6 is 0 Å². The van der Waals surface area contributed by atoms with Crippen molar-refractivity contribution in [1.82, 2.24) is 5.32 Å². The Hall–Kier alpha value is -3.55. The summed E-state index contributed by atoms with van der Waals surface area (Å²) in [7, 11) is 1.21. The fourth-order valence-corrected chi connectivity index (χ4v) is 2.57. The van der Waals surface area contributed by atoms with Gasteiger partial charge < -0.3 is 25.0 Å². The fourth-order valence-electron chi connectivity index (χ4n) is 2.57. The van der Waals surface area contributed by atoms with Gasteiger partial charge in [-0.15, -0.1) is 0 Å². The number of methoxy groups -OCH3 is 1. The average Bonchev–Trinajstić information content (AvgIpc) is 2.72. The Labute approximate surface area is 168 Å². The number of hydrogen-bond donors (Lipinski definition) is 3. The highest BCUT2D eigenvalue weighted by Crippen LogP contribution is 2.12. The van der Waals surface area contributed by atoms with Gasteiger partial charge in [-0.25, -0.2) is 4.79 Å². The van der Waals surface area contributed by atoms with Gasteiger partial charge in [0.05, 0.1) is 7.11 Å². The molecule has 2 aromatic carbocycles. The molecule has 0 aliphatic rings. The van der Waals surface area contributed by atoms with E-state index < -0.39 is 30.5 Å². The molecule has 0 bridgehead atoms. The SMILES string of the molecule is COC(=O)C(Cc1ccc(O)cc1)NC(=O)COC(=O)CCc1ccc(O)cc1. The van der Waals surface area contributed by atoms with Gasteiger partial charge in [-0.2, -0.15) is 0 Å². The number of amides is 1. The number of ether oxygens (including phenoxy) is 2. The van der Waals surface area contributed by atoms with Crippen LogP contribution in [0.25, 0.3) is 0 Å². The fraction of sp³-hybridized carbons (Fsp3) is 0.286. The highest BCUT2D eigenvalue weighted by atomic mass is 16.5. The van der Waals surface area contributed by atoms with Gasteiger partial charge in [0, 0.05) is 12.8 Å². The molecule has 3 N–H and O–H groups in total. The number of phenols is 2. The van der Waals surface area contributed by atoms with Gasteiger partial charge in [-0.3, -0.25) is 9.59 Å². The number of aryl methyl sites for hydroxylation is 1. The predicted octanol–water partition coefficient (Wildman–Crippen LogP) is 1.47. The topological polar surface area (TPSA) is 122 Å². The molecule has 0 saturated carbocycles. The summed E-state index contributed by atoms with van der Waals surface area (Å²) in [6, 6.07) is 11.7. The molecule has 0 saturated heterocycles. The molecule has 1 amide bonds. The third-order valence-corrected chi connectivity index (χ3v) is 4.12. The molecule has 2 aromatic rings. The zero-order valence-corrected chi connectivity index (χ0v) is 16.0. The molecule has 1 atom stereocenters. The number of benzene rings is 2. The lowest BCUT2D eigenvalue weighted by molar-refractivity contribution is -0.150. The van der Waals surface area contributed by atoms with Crippen molar-refractivity contribution in [2.45, 2.75) is 25.3 Å². The Kier molecular flexibility index (Phi) is 8.02. The second-order valence-electron chi connectivity index (χ2n) is 6.34. The molecule has 0 aromatic heterocycles. The van der Waals surface area contributed by atoms with E-state index in [1.165, 1.54) is 31.4 Å². The summed E-state index contributed by atoms with van der Waals surface area (Å²) in [6.45, 7) is -0.516. The Bertz CT molecular complexity index is 831. The van der Waals surface area contributed by atoms with Gasteiger partial charge in [-0.05, 0) is 41.8 Å². The molecular weight excluding hydrogens is 378 g/mol. The van der Waals surface area contributed by atoms with Gasteiger partial charge in [0.25, 0.3) is 5.91 Å². The van der Waals surface area contributed by atoms with Crippen LogP contribution in [0.3, 0.4) is 0 Å². The summed E-state index contributed by atoms with van der Waals surface area (Å²) in [6.07, 6.45) is 0.645. The smallest absolute Gasteiger partial charge is 0.328 e. The van der Waals surface area contributed by atoms with Crippen LogP contribution < -0.4 is 5.32 Å². The first-order valence-electron chi connectivity index (χ1n) is 8.96. The maximum absolute atomic E-state index is 12.1. The van der Waals surface area contributed by atoms with Crippen molar-refractivity contribution < 1.29 is 34.1 Å². The highest BCUT2D eigenvalue weighted by Gasteiger charge is 2.22. The van der Waals surface area contributed by atoms with Crippen LogP contribution in [0.5, 0.6) is 11.5 Å². The minimum Gasteiger partial charge on any atom is -0.508 e. The van der Waals surface area contributed by atoms with Crippen molar-refractivity contribution in [1.29, 1.82) is 0 Å². The standard InChI is InChI=1S/C21H23NO7/c1-28-21(27)18(12-15-4-9-17(24)10-5-15)22-19(25)13-29-20(26)11-6-14-2-7-16(23)8-3-14/h2-5,7-10,18,23-24H,6,11-13H2,1H3,(H,22,25). The summed E-state index contributed by atoms with van der Waals surface area (Å²) in [5.74, 6) is -1.59. The molecule has 154 valence electrons. The number of aromatic hydroxyl groups is 2. The van der Waals surface area contributed by atoms with E-state index in [2.05, 4.69) is 5.32 Å². The molecule has 0 fully saturated rings. The number of rotatable bonds is 9. The maximum Gasteiger partial charge on any atom is 0.328 e. The molecule has 0 spiro atoms. The van der Waals surface area contributed by atoms with Crippen molar-refractivity contribution in [2.24, 2.45) is 0 Å². The van der Waals surface area contributed by atoms with E-state index in [1.54, 1.807) is 24.3 Å². The summed E-state index contributed by atoms with van der Waals surface area (Å²) in [4.78, 5) is 35.8. The summed E-state index contributed by atoms with van der Waals surface area (Å²) >= 11 is 0. The van der Waals surface area contributed by atoms with Gasteiger partial charge in [0.1, 0.15) is 17.5 Å². The van der Waals surface area contributed by atoms with Crippen LogP contribution in [0.2, 0.25) is 0 Å². The molecule has 0 aliphatic heterocycles. The quantitative estimate of drug-likeness (QED) is 0.544. The lowest BCUT2D eigenvalue weighted by Gasteiger charge is -2.16. The molecule has 2 rings (SSSR count). The lowest BCUT2D eigenvalue weighted by Crippen LogP contribution is -2.44. The minimum atomic E-state index is -0.951. The van der Waals surface area contributed by atoms with E-state index in [0.29, 0.717) is 12.0 Å². The average molecular weight is 401 g/mol. The maximum atomic E-state index is 12.1. The van der Waals surface area contributed by atoms with E-state index in [-0.39, 0.29) is 24.3 Å². The predicted molar refractivity (Wildman–Crippen MR) is 103 cm³/mol. The van der Waals surface area contributed by atoms with Crippen molar-refractivity contribution in [3.63, 3.8) is 0 Å². The number of nitrogens with one attached hydrogen (secondary N) is 1. The van der Waals surface area contributed by atoms with Crippen LogP contribution in [0.4, 0.5) is 0 Å². The Morgan fingerprint density at radius 2 is 1.48 bits per heavy atom. The van der Waals surface area contributed by atoms with Gasteiger partial charge in [-0.1, -0.05) is 24.3 Å². The first-order chi connectivity index (χ1) is 13.9. The van der Waals surface area contributed by atoms with E-state index >= 15 is 0 Å². The highest BCUT2D eigenvalue weighted by molar-refractivity contribution is 5.86. The summed E-state index contributed by atoms with van der Waals surface area (Å²) in [5.41, 5.74) is 1.56. The molecule has 0 aliphatic carbocycles. The first-order valence-corrected chi connectivity index (χ1v) is 8.96.